The van der Waals surface area contributed by atoms with E-state index in [1.54, 1.807) is 0 Å². The first-order valence-electron chi connectivity index (χ1n) is 11.6. The van der Waals surface area contributed by atoms with Gasteiger partial charge in [-0.3, -0.25) is 9.78 Å². The number of fused-ring (bicyclic) bond motifs is 5. The van der Waals surface area contributed by atoms with E-state index < -0.39 is 0 Å². The van der Waals surface area contributed by atoms with Crippen molar-refractivity contribution in [3.63, 3.8) is 0 Å². The molecule has 4 heteroatoms. The van der Waals surface area contributed by atoms with Crippen molar-refractivity contribution in [1.82, 2.24) is 9.88 Å². The molecule has 1 aromatic heterocycles. The van der Waals surface area contributed by atoms with Crippen LogP contribution in [-0.4, -0.2) is 34.5 Å². The van der Waals surface area contributed by atoms with Crippen molar-refractivity contribution in [3.05, 3.63) is 30.1 Å². The lowest BCUT2D eigenvalue weighted by atomic mass is 9.54. The van der Waals surface area contributed by atoms with E-state index in [2.05, 4.69) is 35.9 Å². The summed E-state index contributed by atoms with van der Waals surface area (Å²) < 4.78 is 5.72. The molecule has 4 nitrogen and oxygen atoms in total. The Kier molecular flexibility index (Phi) is 4.52. The second kappa shape index (κ2) is 6.85. The number of nitrogens with zero attached hydrogens (tertiary/aromatic N) is 2. The van der Waals surface area contributed by atoms with Crippen LogP contribution in [-0.2, 0) is 4.79 Å². The number of hydrogen-bond acceptors (Lipinski definition) is 3. The highest BCUT2D eigenvalue weighted by molar-refractivity contribution is 5.78. The van der Waals surface area contributed by atoms with Crippen molar-refractivity contribution in [2.75, 3.05) is 13.2 Å². The first kappa shape index (κ1) is 19.1. The van der Waals surface area contributed by atoms with Gasteiger partial charge >= 0.3 is 0 Å². The Hall–Kier alpha value is -1.84. The zero-order valence-corrected chi connectivity index (χ0v) is 18.1. The number of allylic oxidation sites excluding steroid dienone is 2. The van der Waals surface area contributed by atoms with Gasteiger partial charge in [-0.25, -0.2) is 0 Å². The lowest BCUT2D eigenvalue weighted by Crippen LogP contribution is -2.53. The second-order valence-corrected chi connectivity index (χ2v) is 10.1. The minimum absolute atomic E-state index is 0.0821. The van der Waals surface area contributed by atoms with Crippen molar-refractivity contribution in [3.8, 4) is 5.75 Å². The Morgan fingerprint density at radius 1 is 1.21 bits per heavy atom. The number of aromatic nitrogens is 1. The van der Waals surface area contributed by atoms with Gasteiger partial charge in [-0.15, -0.1) is 0 Å². The van der Waals surface area contributed by atoms with Gasteiger partial charge in [0.05, 0.1) is 12.8 Å². The molecule has 4 aliphatic rings. The smallest absolute Gasteiger partial charge is 0.223 e. The van der Waals surface area contributed by atoms with Gasteiger partial charge in [-0.1, -0.05) is 13.0 Å². The molecule has 5 atom stereocenters. The van der Waals surface area contributed by atoms with Crippen molar-refractivity contribution in [2.24, 2.45) is 23.2 Å². The van der Waals surface area contributed by atoms with Gasteiger partial charge in [0.1, 0.15) is 5.75 Å². The quantitative estimate of drug-likeness (QED) is 0.717. The van der Waals surface area contributed by atoms with Crippen LogP contribution in [0, 0.1) is 23.2 Å². The molecule has 1 aromatic rings. The van der Waals surface area contributed by atoms with E-state index in [4.69, 9.17) is 4.74 Å². The molecule has 0 radical (unpaired) electrons. The van der Waals surface area contributed by atoms with Crippen molar-refractivity contribution >= 4 is 11.5 Å². The first-order valence-corrected chi connectivity index (χ1v) is 11.6. The van der Waals surface area contributed by atoms with E-state index in [0.29, 0.717) is 30.3 Å². The lowest BCUT2D eigenvalue weighted by molar-refractivity contribution is -0.135. The molecule has 2 unspecified atom stereocenters. The van der Waals surface area contributed by atoms with Crippen molar-refractivity contribution in [2.45, 2.75) is 71.3 Å². The van der Waals surface area contributed by atoms with Crippen LogP contribution in [0.2, 0.25) is 0 Å². The summed E-state index contributed by atoms with van der Waals surface area (Å²) in [4.78, 5) is 19.6. The fraction of sp³-hybridized carbons (Fsp3) is 0.680. The van der Waals surface area contributed by atoms with Gasteiger partial charge in [0, 0.05) is 24.7 Å². The lowest BCUT2D eigenvalue weighted by Gasteiger charge is -2.53. The maximum atomic E-state index is 12.9. The number of rotatable bonds is 3. The number of ether oxygens (including phenoxy) is 1. The maximum Gasteiger partial charge on any atom is 0.223 e. The van der Waals surface area contributed by atoms with Crippen molar-refractivity contribution in [1.29, 1.82) is 0 Å². The predicted octanol–water partition coefficient (Wildman–Crippen LogP) is 5.09. The average Bonchev–Trinajstić information content (AvgIpc) is 3.24. The molecule has 2 aliphatic heterocycles. The fourth-order valence-corrected chi connectivity index (χ4v) is 7.49. The van der Waals surface area contributed by atoms with E-state index in [9.17, 15) is 4.79 Å². The number of amides is 1. The van der Waals surface area contributed by atoms with E-state index in [0.717, 1.165) is 31.6 Å². The van der Waals surface area contributed by atoms with Crippen LogP contribution in [0.3, 0.4) is 0 Å². The average molecular weight is 395 g/mol. The van der Waals surface area contributed by atoms with E-state index in [1.165, 1.54) is 36.8 Å². The molecule has 3 heterocycles. The predicted molar refractivity (Wildman–Crippen MR) is 114 cm³/mol. The van der Waals surface area contributed by atoms with Crippen LogP contribution < -0.4 is 4.74 Å². The molecule has 2 saturated heterocycles. The summed E-state index contributed by atoms with van der Waals surface area (Å²) in [6, 6.07) is 2.17. The molecule has 3 fully saturated rings. The summed E-state index contributed by atoms with van der Waals surface area (Å²) in [6.07, 6.45) is 14.0. The molecule has 1 amide bonds. The van der Waals surface area contributed by atoms with Crippen LogP contribution in [0.15, 0.2) is 24.5 Å². The standard InChI is InChI=1S/C25H34N2O2/c1-4-29-18-14-17(15-26-16-18)20-7-8-21-19-6-9-23(28)27-13-5-11-25(27,3)22(19)10-12-24(20,21)2/h7,14-16,19,21-22H,4-6,8-13H2,1-3H3/t19?,21-,22?,24+,25+/m0/s1. The highest BCUT2D eigenvalue weighted by Gasteiger charge is 2.58. The highest BCUT2D eigenvalue weighted by atomic mass is 16.5. The normalized spacial score (nSPS) is 38.7. The molecule has 29 heavy (non-hydrogen) atoms. The number of carbonyl (C=O) groups is 1. The summed E-state index contributed by atoms with van der Waals surface area (Å²) in [5.41, 5.74) is 2.94. The molecule has 156 valence electrons. The zero-order chi connectivity index (χ0) is 20.2. The third-order valence-electron chi connectivity index (χ3n) is 8.83. The van der Waals surface area contributed by atoms with E-state index in [-0.39, 0.29) is 11.0 Å². The molecule has 0 bridgehead atoms. The number of pyridine rings is 1. The van der Waals surface area contributed by atoms with Crippen LogP contribution in [0.5, 0.6) is 5.75 Å². The molecule has 0 spiro atoms. The van der Waals surface area contributed by atoms with Gasteiger partial charge in [0.15, 0.2) is 0 Å². The summed E-state index contributed by atoms with van der Waals surface area (Å²) in [5, 5.41) is 0. The Morgan fingerprint density at radius 2 is 2.07 bits per heavy atom. The Morgan fingerprint density at radius 3 is 2.90 bits per heavy atom. The Bertz CT molecular complexity index is 849. The van der Waals surface area contributed by atoms with Gasteiger partial charge in [-0.2, -0.15) is 0 Å². The number of hydrogen-bond donors (Lipinski definition) is 0. The highest BCUT2D eigenvalue weighted by Crippen LogP contribution is 2.63. The van der Waals surface area contributed by atoms with Gasteiger partial charge < -0.3 is 9.64 Å². The topological polar surface area (TPSA) is 42.4 Å². The minimum Gasteiger partial charge on any atom is -0.492 e. The van der Waals surface area contributed by atoms with E-state index in [1.807, 2.05) is 19.3 Å². The molecule has 2 aliphatic carbocycles. The van der Waals surface area contributed by atoms with Gasteiger partial charge in [-0.05, 0) is 92.7 Å². The van der Waals surface area contributed by atoms with Crippen molar-refractivity contribution < 1.29 is 9.53 Å². The monoisotopic (exact) mass is 394 g/mol. The summed E-state index contributed by atoms with van der Waals surface area (Å²) in [6.45, 7) is 8.51. The maximum absolute atomic E-state index is 12.9. The molecule has 0 aromatic carbocycles. The third-order valence-corrected chi connectivity index (χ3v) is 8.83. The first-order chi connectivity index (χ1) is 14.0. The van der Waals surface area contributed by atoms with Crippen LogP contribution >= 0.6 is 0 Å². The zero-order valence-electron chi connectivity index (χ0n) is 18.1. The molecule has 5 rings (SSSR count). The van der Waals surface area contributed by atoms with Gasteiger partial charge in [0.2, 0.25) is 5.91 Å². The largest absolute Gasteiger partial charge is 0.492 e. The molecular formula is C25H34N2O2. The molecule has 1 saturated carbocycles. The van der Waals surface area contributed by atoms with Crippen LogP contribution in [0.25, 0.3) is 5.57 Å². The Labute approximate surface area is 174 Å². The molecule has 0 N–H and O–H groups in total. The summed E-state index contributed by atoms with van der Waals surface area (Å²) in [5.74, 6) is 3.19. The summed E-state index contributed by atoms with van der Waals surface area (Å²) in [7, 11) is 0. The fourth-order valence-electron chi connectivity index (χ4n) is 7.49. The summed E-state index contributed by atoms with van der Waals surface area (Å²) >= 11 is 0. The van der Waals surface area contributed by atoms with E-state index >= 15 is 0 Å². The second-order valence-electron chi connectivity index (χ2n) is 10.1. The number of carbonyl (C=O) groups excluding carboxylic acids is 1. The van der Waals surface area contributed by atoms with Crippen LogP contribution in [0.4, 0.5) is 0 Å². The molecular weight excluding hydrogens is 360 g/mol. The van der Waals surface area contributed by atoms with Gasteiger partial charge in [0.25, 0.3) is 0 Å². The Balaban J connectivity index is 1.47. The third kappa shape index (κ3) is 2.78. The van der Waals surface area contributed by atoms with Crippen LogP contribution in [0.1, 0.15) is 71.3 Å². The SMILES string of the molecule is CCOc1cncc(C2=CC[C@H]3C4CCC(=O)N5CCC[C@]5(C)C4CC[C@]23C)c1. The minimum atomic E-state index is 0.0821.